The monoisotopic (exact) mass is 219 g/mol. The molecule has 1 aliphatic heterocycles. The Morgan fingerprint density at radius 2 is 1.54 bits per heavy atom. The largest absolute Gasteiger partial charge is 1.00 e. The molecule has 0 aliphatic carbocycles. The van der Waals surface area contributed by atoms with E-state index < -0.39 is 13.3 Å². The molecule has 0 spiro atoms. The summed E-state index contributed by atoms with van der Waals surface area (Å²) >= 11 is 0. The molecule has 0 N–H and O–H groups in total. The maximum Gasteiger partial charge on any atom is 1.00 e. The molecule has 0 amide bonds. The fourth-order valence-corrected chi connectivity index (χ4v) is 1.51. The van der Waals surface area contributed by atoms with Crippen LogP contribution < -0.4 is 51.4 Å². The summed E-state index contributed by atoms with van der Waals surface area (Å²) in [7, 11) is 0. The summed E-state index contributed by atoms with van der Waals surface area (Å²) in [5, 5.41) is 0. The number of piperidine rings is 1. The molecule has 1 nitrogen and oxygen atoms in total. The molecule has 0 unspecified atom stereocenters. The fourth-order valence-electron chi connectivity index (χ4n) is 1.51. The Hall–Kier alpha value is 1.45. The van der Waals surface area contributed by atoms with Gasteiger partial charge in [0, 0.05) is 0 Å². The van der Waals surface area contributed by atoms with E-state index in [1.165, 1.54) is 6.42 Å². The van der Waals surface area contributed by atoms with Crippen molar-refractivity contribution in [2.24, 2.45) is 0 Å². The second-order valence-corrected chi connectivity index (χ2v) is 3.40. The fraction of sp³-hybridized carbons (Fsp3) is 1.00. The molecule has 0 atom stereocenters. The van der Waals surface area contributed by atoms with E-state index in [9.17, 15) is 12.9 Å². The Morgan fingerprint density at radius 3 is 2.00 bits per heavy atom. The van der Waals surface area contributed by atoms with Gasteiger partial charge in [-0.15, -0.1) is 0 Å². The predicted octanol–water partition coefficient (Wildman–Crippen LogP) is -0.676. The van der Waals surface area contributed by atoms with Crippen molar-refractivity contribution < 1.29 is 64.3 Å². The Bertz CT molecular complexity index is 136. The first kappa shape index (κ1) is 14.5. The molecule has 1 saturated heterocycles. The number of halogens is 3. The van der Waals surface area contributed by atoms with Gasteiger partial charge in [-0.3, -0.25) is 0 Å². The van der Waals surface area contributed by atoms with Gasteiger partial charge in [0.05, 0.1) is 0 Å². The van der Waals surface area contributed by atoms with Crippen LogP contribution in [-0.4, -0.2) is 31.5 Å². The van der Waals surface area contributed by atoms with Crippen LogP contribution in [0.3, 0.4) is 0 Å². The topological polar surface area (TPSA) is 3.24 Å². The minimum atomic E-state index is -4.57. The number of hydrogen-bond acceptors (Lipinski definition) is 1. The molecule has 1 heterocycles. The second kappa shape index (κ2) is 6.85. The predicted molar refractivity (Wildman–Crippen MR) is 44.2 cm³/mol. The van der Waals surface area contributed by atoms with Gasteiger partial charge < -0.3 is 17.8 Å². The third kappa shape index (κ3) is 7.39. The average molecular weight is 219 g/mol. The van der Waals surface area contributed by atoms with Gasteiger partial charge in [0.1, 0.15) is 0 Å². The van der Waals surface area contributed by atoms with Gasteiger partial charge in [-0.05, 0) is 32.5 Å². The summed E-state index contributed by atoms with van der Waals surface area (Å²) in [5.74, 6) is 0. The molecule has 1 rings (SSSR count). The van der Waals surface area contributed by atoms with Gasteiger partial charge in [-0.25, -0.2) is 0 Å². The summed E-state index contributed by atoms with van der Waals surface area (Å²) in [4.78, 5) is 1.92. The van der Waals surface area contributed by atoms with Gasteiger partial charge in [0.2, 0.25) is 0 Å². The summed E-state index contributed by atoms with van der Waals surface area (Å²) < 4.78 is 35.5. The van der Waals surface area contributed by atoms with Crippen LogP contribution in [0, 0.1) is 0 Å². The van der Waals surface area contributed by atoms with Crippen LogP contribution in [0.5, 0.6) is 0 Å². The normalized spacial score (nSPS) is 19.6. The first-order valence-corrected chi connectivity index (χ1v) is 4.51. The summed E-state index contributed by atoms with van der Waals surface area (Å²) in [5.41, 5.74) is 0. The Morgan fingerprint density at radius 1 is 1.00 bits per heavy atom. The standard InChI is InChI=1S/C7H14BF3N.K/c9-8(10,11)4-7-12-5-2-1-3-6-12;/h1-7H2;/q-1;+1. The van der Waals surface area contributed by atoms with Crippen LogP contribution in [0.1, 0.15) is 19.3 Å². The van der Waals surface area contributed by atoms with Crippen LogP contribution >= 0.6 is 0 Å². The zero-order valence-electron chi connectivity index (χ0n) is 8.11. The quantitative estimate of drug-likeness (QED) is 0.569. The van der Waals surface area contributed by atoms with Crippen molar-refractivity contribution >= 4 is 6.98 Å². The molecule has 0 radical (unpaired) electrons. The number of likely N-dealkylation sites (tertiary alicyclic amines) is 1. The van der Waals surface area contributed by atoms with Crippen LogP contribution in [0.2, 0.25) is 6.32 Å². The smallest absolute Gasteiger partial charge is 0.449 e. The average Bonchev–Trinajstić information content (AvgIpc) is 2.02. The van der Waals surface area contributed by atoms with Gasteiger partial charge in [-0.2, -0.15) is 0 Å². The second-order valence-electron chi connectivity index (χ2n) is 3.40. The van der Waals surface area contributed by atoms with Crippen LogP contribution in [-0.2, 0) is 0 Å². The van der Waals surface area contributed by atoms with Crippen LogP contribution in [0.25, 0.3) is 0 Å². The Balaban J connectivity index is 0.00000144. The zero-order chi connectivity index (χ0) is 9.03. The third-order valence-electron chi connectivity index (χ3n) is 2.22. The van der Waals surface area contributed by atoms with Crippen molar-refractivity contribution in [2.45, 2.75) is 25.6 Å². The summed E-state index contributed by atoms with van der Waals surface area (Å²) in [6.45, 7) is -2.65. The van der Waals surface area contributed by atoms with Crippen molar-refractivity contribution in [1.29, 1.82) is 0 Å². The molecule has 6 heteroatoms. The molecule has 1 aliphatic rings. The van der Waals surface area contributed by atoms with E-state index in [1.807, 2.05) is 4.90 Å². The van der Waals surface area contributed by atoms with Crippen LogP contribution in [0.4, 0.5) is 12.9 Å². The molecule has 0 aromatic heterocycles. The van der Waals surface area contributed by atoms with Gasteiger partial charge >= 0.3 is 58.4 Å². The minimum absolute atomic E-state index is 0. The van der Waals surface area contributed by atoms with Crippen LogP contribution in [0.15, 0.2) is 0 Å². The summed E-state index contributed by atoms with van der Waals surface area (Å²) in [6.07, 6.45) is 2.70. The van der Waals surface area contributed by atoms with Gasteiger partial charge in [-0.1, -0.05) is 12.7 Å². The molecule has 0 aromatic carbocycles. The third-order valence-corrected chi connectivity index (χ3v) is 2.22. The van der Waals surface area contributed by atoms with Crippen molar-refractivity contribution in [1.82, 2.24) is 4.90 Å². The van der Waals surface area contributed by atoms with E-state index in [2.05, 4.69) is 0 Å². The van der Waals surface area contributed by atoms with E-state index in [1.54, 1.807) is 0 Å². The Labute approximate surface area is 120 Å². The molecule has 0 aromatic rings. The SMILES string of the molecule is F[B-](F)(F)CCN1CCCCC1.[K+]. The number of hydrogen-bond donors (Lipinski definition) is 0. The minimum Gasteiger partial charge on any atom is -0.449 e. The van der Waals surface area contributed by atoms with E-state index in [0.717, 1.165) is 25.9 Å². The number of nitrogens with zero attached hydrogens (tertiary/aromatic N) is 1. The molecular weight excluding hydrogens is 205 g/mol. The first-order valence-electron chi connectivity index (χ1n) is 4.51. The summed E-state index contributed by atoms with van der Waals surface area (Å²) in [6, 6.07) is 0. The molecule has 0 saturated carbocycles. The van der Waals surface area contributed by atoms with E-state index in [4.69, 9.17) is 0 Å². The first-order chi connectivity index (χ1) is 5.58. The Kier molecular flexibility index (Phi) is 7.61. The van der Waals surface area contributed by atoms with Crippen molar-refractivity contribution in [3.63, 3.8) is 0 Å². The molecule has 0 bridgehead atoms. The van der Waals surface area contributed by atoms with Gasteiger partial charge in [0.25, 0.3) is 0 Å². The van der Waals surface area contributed by atoms with E-state index in [0.29, 0.717) is 0 Å². The molecule has 72 valence electrons. The van der Waals surface area contributed by atoms with E-state index >= 15 is 0 Å². The maximum absolute atomic E-state index is 11.8. The number of rotatable bonds is 3. The van der Waals surface area contributed by atoms with Gasteiger partial charge in [0.15, 0.2) is 0 Å². The zero-order valence-corrected chi connectivity index (χ0v) is 11.2. The molecule has 1 fully saturated rings. The van der Waals surface area contributed by atoms with Crippen molar-refractivity contribution in [3.8, 4) is 0 Å². The van der Waals surface area contributed by atoms with E-state index in [-0.39, 0.29) is 57.9 Å². The van der Waals surface area contributed by atoms with Crippen molar-refractivity contribution in [2.75, 3.05) is 19.6 Å². The molecule has 13 heavy (non-hydrogen) atoms. The van der Waals surface area contributed by atoms with Crippen molar-refractivity contribution in [3.05, 3.63) is 0 Å². The molecular formula is C7H14BF3KN. The maximum atomic E-state index is 11.8.